The van der Waals surface area contributed by atoms with E-state index in [0.717, 1.165) is 37.1 Å². The van der Waals surface area contributed by atoms with Crippen LogP contribution in [0.4, 0.5) is 4.39 Å². The Hall–Kier alpha value is -2.98. The van der Waals surface area contributed by atoms with Crippen molar-refractivity contribution in [1.82, 2.24) is 9.78 Å². The second-order valence-corrected chi connectivity index (χ2v) is 9.19. The molecular formula is C27H25FN2O. The average Bonchev–Trinajstić information content (AvgIpc) is 3.40. The molecule has 1 saturated carbocycles. The molecule has 31 heavy (non-hydrogen) atoms. The standard InChI is InChI=1S/C27H25FN2O/c1-26-15-20-17-29-30(24-11-9-23(28)10-12-24)25(20)14-22(26)8-5-13-27(26)16-21(18-31-27)19-6-3-2-4-7-19/h2-4,6-7,9-12,14,16-17H,5,8,13,15,18H2,1H3/t26?,27-/m1/s1. The Morgan fingerprint density at radius 3 is 2.68 bits per heavy atom. The minimum absolute atomic E-state index is 0.0918. The Labute approximate surface area is 181 Å². The van der Waals surface area contributed by atoms with Gasteiger partial charge in [-0.2, -0.15) is 5.10 Å². The molecule has 6 rings (SSSR count). The quantitative estimate of drug-likeness (QED) is 0.517. The van der Waals surface area contributed by atoms with Crippen molar-refractivity contribution in [3.63, 3.8) is 0 Å². The van der Waals surface area contributed by atoms with Gasteiger partial charge in [0.1, 0.15) is 5.82 Å². The fourth-order valence-electron chi connectivity index (χ4n) is 5.73. The normalized spacial score (nSPS) is 26.9. The first-order valence-electron chi connectivity index (χ1n) is 11.0. The second-order valence-electron chi connectivity index (χ2n) is 9.19. The molecule has 1 unspecified atom stereocenters. The maximum atomic E-state index is 13.4. The predicted octanol–water partition coefficient (Wildman–Crippen LogP) is 5.99. The van der Waals surface area contributed by atoms with Crippen LogP contribution in [0.3, 0.4) is 0 Å². The highest BCUT2D eigenvalue weighted by atomic mass is 19.1. The summed E-state index contributed by atoms with van der Waals surface area (Å²) < 4.78 is 22.0. The van der Waals surface area contributed by atoms with Crippen molar-refractivity contribution in [2.75, 3.05) is 6.61 Å². The van der Waals surface area contributed by atoms with E-state index in [1.54, 1.807) is 12.1 Å². The molecule has 1 aliphatic heterocycles. The SMILES string of the molecule is CC12Cc3cnn(-c4ccc(F)cc4)c3C=C1CCC[C@@]21C=C(c2ccccc2)CO1. The van der Waals surface area contributed by atoms with E-state index in [1.165, 1.54) is 34.4 Å². The van der Waals surface area contributed by atoms with Gasteiger partial charge in [0.2, 0.25) is 0 Å². The summed E-state index contributed by atoms with van der Waals surface area (Å²) in [5.41, 5.74) is 6.82. The smallest absolute Gasteiger partial charge is 0.123 e. The van der Waals surface area contributed by atoms with Crippen molar-refractivity contribution in [2.45, 2.75) is 38.2 Å². The lowest BCUT2D eigenvalue weighted by atomic mass is 9.57. The highest BCUT2D eigenvalue weighted by molar-refractivity contribution is 5.71. The molecule has 2 heterocycles. The summed E-state index contributed by atoms with van der Waals surface area (Å²) in [5.74, 6) is -0.232. The topological polar surface area (TPSA) is 27.1 Å². The molecule has 1 aromatic heterocycles. The van der Waals surface area contributed by atoms with Gasteiger partial charge in [0.25, 0.3) is 0 Å². The van der Waals surface area contributed by atoms with Gasteiger partial charge in [0, 0.05) is 5.41 Å². The monoisotopic (exact) mass is 412 g/mol. The molecule has 0 N–H and O–H groups in total. The molecule has 0 bridgehead atoms. The van der Waals surface area contributed by atoms with Gasteiger partial charge in [-0.3, -0.25) is 0 Å². The molecule has 156 valence electrons. The number of benzene rings is 2. The molecular weight excluding hydrogens is 387 g/mol. The summed E-state index contributed by atoms with van der Waals surface area (Å²) in [6.07, 6.45) is 10.8. The number of ether oxygens (including phenoxy) is 1. The third-order valence-electron chi connectivity index (χ3n) is 7.49. The van der Waals surface area contributed by atoms with E-state index in [2.05, 4.69) is 54.5 Å². The Morgan fingerprint density at radius 1 is 1.06 bits per heavy atom. The Kier molecular flexibility index (Phi) is 4.09. The maximum Gasteiger partial charge on any atom is 0.123 e. The highest BCUT2D eigenvalue weighted by Crippen LogP contribution is 2.57. The predicted molar refractivity (Wildman–Crippen MR) is 120 cm³/mol. The minimum Gasteiger partial charge on any atom is -0.365 e. The van der Waals surface area contributed by atoms with Crippen molar-refractivity contribution in [1.29, 1.82) is 0 Å². The second kappa shape index (κ2) is 6.76. The van der Waals surface area contributed by atoms with Crippen LogP contribution in [-0.2, 0) is 11.2 Å². The van der Waals surface area contributed by atoms with Crippen LogP contribution >= 0.6 is 0 Å². The highest BCUT2D eigenvalue weighted by Gasteiger charge is 2.55. The van der Waals surface area contributed by atoms with Gasteiger partial charge in [-0.25, -0.2) is 9.07 Å². The van der Waals surface area contributed by atoms with Crippen LogP contribution in [0, 0.1) is 11.2 Å². The van der Waals surface area contributed by atoms with Crippen molar-refractivity contribution in [3.05, 3.63) is 95.1 Å². The molecule has 0 radical (unpaired) electrons. The molecule has 0 saturated heterocycles. The zero-order valence-electron chi connectivity index (χ0n) is 17.6. The molecule has 1 spiro atoms. The zero-order valence-corrected chi connectivity index (χ0v) is 17.6. The van der Waals surface area contributed by atoms with Crippen molar-refractivity contribution >= 4 is 11.6 Å². The first kappa shape index (κ1) is 18.8. The molecule has 3 nitrogen and oxygen atoms in total. The van der Waals surface area contributed by atoms with Crippen LogP contribution in [0.15, 0.2) is 72.4 Å². The molecule has 3 aliphatic rings. The van der Waals surface area contributed by atoms with E-state index in [-0.39, 0.29) is 16.8 Å². The lowest BCUT2D eigenvalue weighted by molar-refractivity contribution is -0.0724. The molecule has 3 aromatic rings. The van der Waals surface area contributed by atoms with Gasteiger partial charge in [-0.15, -0.1) is 0 Å². The summed E-state index contributed by atoms with van der Waals surface area (Å²) in [6.45, 7) is 3.02. The summed E-state index contributed by atoms with van der Waals surface area (Å²) in [4.78, 5) is 0. The third-order valence-corrected chi connectivity index (χ3v) is 7.49. The number of rotatable bonds is 2. The average molecular weight is 413 g/mol. The van der Waals surface area contributed by atoms with E-state index >= 15 is 0 Å². The van der Waals surface area contributed by atoms with Gasteiger partial charge >= 0.3 is 0 Å². The van der Waals surface area contributed by atoms with Crippen LogP contribution in [0.5, 0.6) is 0 Å². The Bertz CT molecular complexity index is 1210. The molecule has 2 atom stereocenters. The van der Waals surface area contributed by atoms with E-state index in [9.17, 15) is 4.39 Å². The van der Waals surface area contributed by atoms with E-state index < -0.39 is 0 Å². The van der Waals surface area contributed by atoms with Crippen molar-refractivity contribution < 1.29 is 9.13 Å². The van der Waals surface area contributed by atoms with E-state index in [1.807, 2.05) is 10.9 Å². The van der Waals surface area contributed by atoms with Crippen molar-refractivity contribution in [2.24, 2.45) is 5.41 Å². The lowest BCUT2D eigenvalue weighted by Gasteiger charge is -2.51. The minimum atomic E-state index is -0.280. The zero-order chi connectivity index (χ0) is 21.1. The van der Waals surface area contributed by atoms with E-state index in [4.69, 9.17) is 4.74 Å². The Morgan fingerprint density at radius 2 is 1.87 bits per heavy atom. The third kappa shape index (κ3) is 2.78. The molecule has 4 heteroatoms. The first-order chi connectivity index (χ1) is 15.1. The van der Waals surface area contributed by atoms with E-state index in [0.29, 0.717) is 6.61 Å². The first-order valence-corrected chi connectivity index (χ1v) is 11.0. The van der Waals surface area contributed by atoms with Crippen molar-refractivity contribution in [3.8, 4) is 5.69 Å². The number of hydrogen-bond acceptors (Lipinski definition) is 2. The largest absolute Gasteiger partial charge is 0.365 e. The lowest BCUT2D eigenvalue weighted by Crippen LogP contribution is -2.51. The summed E-state index contributed by atoms with van der Waals surface area (Å²) in [6, 6.07) is 17.1. The van der Waals surface area contributed by atoms with Gasteiger partial charge in [0.05, 0.1) is 29.8 Å². The van der Waals surface area contributed by atoms with Crippen LogP contribution in [0.1, 0.15) is 43.0 Å². The van der Waals surface area contributed by atoms with Gasteiger partial charge in [0.15, 0.2) is 0 Å². The van der Waals surface area contributed by atoms with Crippen LogP contribution < -0.4 is 0 Å². The molecule has 2 aliphatic carbocycles. The number of nitrogens with zero attached hydrogens (tertiary/aromatic N) is 2. The fraction of sp³-hybridized carbons (Fsp3) is 0.296. The number of aromatic nitrogens is 2. The van der Waals surface area contributed by atoms with Crippen LogP contribution in [0.25, 0.3) is 17.3 Å². The van der Waals surface area contributed by atoms with Gasteiger partial charge in [-0.1, -0.05) is 42.8 Å². The van der Waals surface area contributed by atoms with Gasteiger partial charge in [-0.05, 0) is 78.8 Å². The summed E-state index contributed by atoms with van der Waals surface area (Å²) in [7, 11) is 0. The molecule has 2 aromatic carbocycles. The molecule has 1 fully saturated rings. The number of fused-ring (bicyclic) bond motifs is 3. The number of halogens is 1. The van der Waals surface area contributed by atoms with Crippen LogP contribution in [0.2, 0.25) is 0 Å². The fourth-order valence-corrected chi connectivity index (χ4v) is 5.73. The molecule has 0 amide bonds. The number of hydrogen-bond donors (Lipinski definition) is 0. The summed E-state index contributed by atoms with van der Waals surface area (Å²) in [5, 5.41) is 4.66. The Balaban J connectivity index is 1.42. The maximum absolute atomic E-state index is 13.4. The van der Waals surface area contributed by atoms with Gasteiger partial charge < -0.3 is 4.74 Å². The summed E-state index contributed by atoms with van der Waals surface area (Å²) >= 11 is 0. The van der Waals surface area contributed by atoms with Crippen LogP contribution in [-0.4, -0.2) is 22.0 Å².